The fourth-order valence-electron chi connectivity index (χ4n) is 2.74. The summed E-state index contributed by atoms with van der Waals surface area (Å²) < 4.78 is 7.39. The lowest BCUT2D eigenvalue weighted by Gasteiger charge is -2.25. The van der Waals surface area contributed by atoms with Gasteiger partial charge in [-0.1, -0.05) is 29.3 Å². The first-order valence-electron chi connectivity index (χ1n) is 7.44. The summed E-state index contributed by atoms with van der Waals surface area (Å²) in [6.07, 6.45) is 1.43. The zero-order valence-corrected chi connectivity index (χ0v) is 15.2. The van der Waals surface area contributed by atoms with Gasteiger partial charge in [0, 0.05) is 31.3 Å². The second-order valence-corrected chi connectivity index (χ2v) is 6.25. The van der Waals surface area contributed by atoms with Crippen LogP contribution in [-0.2, 0) is 11.3 Å². The number of rotatable bonds is 3. The zero-order valence-electron chi connectivity index (χ0n) is 12.8. The molecule has 1 N–H and O–H groups in total. The number of nitrogens with zero attached hydrogens (tertiary/aromatic N) is 2. The van der Waals surface area contributed by atoms with Crippen LogP contribution in [0.15, 0.2) is 41.3 Å². The van der Waals surface area contributed by atoms with Crippen molar-refractivity contribution in [3.63, 3.8) is 0 Å². The molecule has 1 aliphatic rings. The van der Waals surface area contributed by atoms with E-state index in [2.05, 4.69) is 10.4 Å². The molecule has 1 aromatic carbocycles. The Kier molecular flexibility index (Phi) is 7.07. The van der Waals surface area contributed by atoms with E-state index >= 15 is 0 Å². The summed E-state index contributed by atoms with van der Waals surface area (Å²) in [7, 11) is 0. The van der Waals surface area contributed by atoms with Gasteiger partial charge in [-0.2, -0.15) is 5.10 Å². The monoisotopic (exact) mass is 389 g/mol. The summed E-state index contributed by atoms with van der Waals surface area (Å²) in [5.74, 6) is 0.0566. The molecule has 8 heteroatoms. The molecule has 5 nitrogen and oxygen atoms in total. The summed E-state index contributed by atoms with van der Waals surface area (Å²) in [6.45, 7) is 2.49. The van der Waals surface area contributed by atoms with E-state index in [1.807, 2.05) is 12.1 Å². The third-order valence-corrected chi connectivity index (χ3v) is 4.67. The Morgan fingerprint density at radius 1 is 1.29 bits per heavy atom. The van der Waals surface area contributed by atoms with E-state index in [0.717, 1.165) is 18.7 Å². The quantitative estimate of drug-likeness (QED) is 0.875. The van der Waals surface area contributed by atoms with E-state index in [4.69, 9.17) is 27.9 Å². The fraction of sp³-hybridized carbons (Fsp3) is 0.375. The van der Waals surface area contributed by atoms with Gasteiger partial charge in [0.15, 0.2) is 0 Å². The molecule has 3 rings (SSSR count). The topological polar surface area (TPSA) is 56.2 Å². The Morgan fingerprint density at radius 2 is 2.12 bits per heavy atom. The van der Waals surface area contributed by atoms with Gasteiger partial charge >= 0.3 is 0 Å². The Morgan fingerprint density at radius 3 is 2.88 bits per heavy atom. The number of hydrogen-bond donors (Lipinski definition) is 1. The zero-order chi connectivity index (χ0) is 16.2. The molecule has 0 unspecified atom stereocenters. The average molecular weight is 391 g/mol. The molecule has 2 atom stereocenters. The van der Waals surface area contributed by atoms with E-state index in [-0.39, 0.29) is 30.0 Å². The third-order valence-electron chi connectivity index (χ3n) is 3.93. The van der Waals surface area contributed by atoms with Crippen LogP contribution < -0.4 is 10.9 Å². The van der Waals surface area contributed by atoms with Crippen molar-refractivity contribution >= 4 is 35.6 Å². The van der Waals surface area contributed by atoms with Gasteiger partial charge in [0.1, 0.15) is 0 Å². The van der Waals surface area contributed by atoms with Crippen LogP contribution in [0.4, 0.5) is 0 Å². The minimum absolute atomic E-state index is 0. The molecule has 0 spiro atoms. The highest BCUT2D eigenvalue weighted by atomic mass is 35.5. The molecular formula is C16H18Cl3N3O2. The van der Waals surface area contributed by atoms with E-state index in [0.29, 0.717) is 23.2 Å². The van der Waals surface area contributed by atoms with Crippen molar-refractivity contribution in [2.24, 2.45) is 0 Å². The molecule has 0 radical (unpaired) electrons. The Bertz CT molecular complexity index is 739. The van der Waals surface area contributed by atoms with Gasteiger partial charge in [-0.15, -0.1) is 12.4 Å². The number of halogens is 3. The highest BCUT2D eigenvalue weighted by Gasteiger charge is 2.27. The lowest BCUT2D eigenvalue weighted by Crippen LogP contribution is -2.35. The van der Waals surface area contributed by atoms with Crippen LogP contribution in [0.2, 0.25) is 10.0 Å². The van der Waals surface area contributed by atoms with E-state index in [9.17, 15) is 4.79 Å². The standard InChI is InChI=1S/C16H17Cl2N3O2.ClH/c17-13-4-3-11(8-14(13)18)12-9-19-6-7-23-15(12)10-21-16(22)2-1-5-20-21;/h1-5,8,12,15,19H,6-7,9-10H2;1H/t12-,15-;/m0./s1. The van der Waals surface area contributed by atoms with Gasteiger partial charge in [-0.05, 0) is 23.8 Å². The average Bonchev–Trinajstić information content (AvgIpc) is 2.78. The maximum atomic E-state index is 11.9. The summed E-state index contributed by atoms with van der Waals surface area (Å²) >= 11 is 12.2. The maximum Gasteiger partial charge on any atom is 0.266 e. The summed E-state index contributed by atoms with van der Waals surface area (Å²) in [4.78, 5) is 11.9. The van der Waals surface area contributed by atoms with Gasteiger partial charge in [0.05, 0.1) is 29.3 Å². The van der Waals surface area contributed by atoms with Crippen LogP contribution in [0, 0.1) is 0 Å². The predicted octanol–water partition coefficient (Wildman–Crippen LogP) is 2.74. The first-order chi connectivity index (χ1) is 11.1. The first-order valence-corrected chi connectivity index (χ1v) is 8.20. The Balaban J connectivity index is 0.00000208. The minimum atomic E-state index is -0.171. The fourth-order valence-corrected chi connectivity index (χ4v) is 3.04. The summed E-state index contributed by atoms with van der Waals surface area (Å²) in [6, 6.07) is 8.72. The molecule has 130 valence electrons. The van der Waals surface area contributed by atoms with Gasteiger partial charge in [-0.25, -0.2) is 4.68 Å². The lowest BCUT2D eigenvalue weighted by atomic mass is 9.93. The number of nitrogens with one attached hydrogen (secondary N) is 1. The van der Waals surface area contributed by atoms with E-state index in [1.165, 1.54) is 10.7 Å². The number of ether oxygens (including phenoxy) is 1. The Labute approximate surface area is 156 Å². The predicted molar refractivity (Wildman–Crippen MR) is 97.6 cm³/mol. The normalized spacial score (nSPS) is 20.9. The van der Waals surface area contributed by atoms with Crippen molar-refractivity contribution in [2.75, 3.05) is 19.7 Å². The minimum Gasteiger partial charge on any atom is -0.374 e. The van der Waals surface area contributed by atoms with Crippen molar-refractivity contribution in [1.82, 2.24) is 15.1 Å². The lowest BCUT2D eigenvalue weighted by molar-refractivity contribution is 0.0364. The summed E-state index contributed by atoms with van der Waals surface area (Å²) in [5, 5.41) is 8.51. The summed E-state index contributed by atoms with van der Waals surface area (Å²) in [5.41, 5.74) is 0.893. The highest BCUT2D eigenvalue weighted by molar-refractivity contribution is 6.42. The first kappa shape index (κ1) is 19.2. The molecule has 2 heterocycles. The molecular weight excluding hydrogens is 373 g/mol. The number of hydrogen-bond acceptors (Lipinski definition) is 4. The molecule has 0 saturated carbocycles. The smallest absolute Gasteiger partial charge is 0.266 e. The van der Waals surface area contributed by atoms with Gasteiger partial charge in [-0.3, -0.25) is 4.79 Å². The van der Waals surface area contributed by atoms with Crippen LogP contribution in [0.5, 0.6) is 0 Å². The van der Waals surface area contributed by atoms with Crippen LogP contribution in [0.1, 0.15) is 11.5 Å². The van der Waals surface area contributed by atoms with Gasteiger partial charge in [0.2, 0.25) is 0 Å². The number of aromatic nitrogens is 2. The van der Waals surface area contributed by atoms with Crippen molar-refractivity contribution in [1.29, 1.82) is 0 Å². The number of benzene rings is 1. The van der Waals surface area contributed by atoms with Gasteiger partial charge in [0.25, 0.3) is 5.56 Å². The SMILES string of the molecule is Cl.O=c1cccnn1C[C@@H]1OCCNC[C@H]1c1ccc(Cl)c(Cl)c1. The van der Waals surface area contributed by atoms with Crippen molar-refractivity contribution in [3.05, 3.63) is 62.5 Å². The maximum absolute atomic E-state index is 11.9. The van der Waals surface area contributed by atoms with E-state index < -0.39 is 0 Å². The van der Waals surface area contributed by atoms with Crippen LogP contribution in [0.3, 0.4) is 0 Å². The molecule has 1 aliphatic heterocycles. The van der Waals surface area contributed by atoms with Crippen LogP contribution in [-0.4, -0.2) is 35.6 Å². The molecule has 0 bridgehead atoms. The molecule has 0 amide bonds. The van der Waals surface area contributed by atoms with Crippen molar-refractivity contribution in [2.45, 2.75) is 18.6 Å². The molecule has 24 heavy (non-hydrogen) atoms. The largest absolute Gasteiger partial charge is 0.374 e. The molecule has 1 saturated heterocycles. The highest BCUT2D eigenvalue weighted by Crippen LogP contribution is 2.30. The van der Waals surface area contributed by atoms with E-state index in [1.54, 1.807) is 18.3 Å². The Hall–Kier alpha value is -1.11. The van der Waals surface area contributed by atoms with Crippen molar-refractivity contribution < 1.29 is 4.74 Å². The van der Waals surface area contributed by atoms with Crippen LogP contribution in [0.25, 0.3) is 0 Å². The second-order valence-electron chi connectivity index (χ2n) is 5.44. The van der Waals surface area contributed by atoms with Gasteiger partial charge < -0.3 is 10.1 Å². The molecule has 1 fully saturated rings. The second kappa shape index (κ2) is 8.83. The molecule has 0 aliphatic carbocycles. The third kappa shape index (κ3) is 4.49. The van der Waals surface area contributed by atoms with Crippen LogP contribution >= 0.6 is 35.6 Å². The molecule has 1 aromatic heterocycles. The molecule has 2 aromatic rings. The van der Waals surface area contributed by atoms with Crippen molar-refractivity contribution in [3.8, 4) is 0 Å².